The average Bonchev–Trinajstić information content (AvgIpc) is 2.28. The van der Waals surface area contributed by atoms with Crippen molar-refractivity contribution in [2.45, 2.75) is 6.92 Å². The Bertz CT molecular complexity index is 362. The predicted molar refractivity (Wildman–Crippen MR) is 67.5 cm³/mol. The molecule has 0 amide bonds. The number of carbonyl (C=O) groups excluding carboxylic acids is 1. The summed E-state index contributed by atoms with van der Waals surface area (Å²) < 4.78 is 7.69. The predicted octanol–water partition coefficient (Wildman–Crippen LogP) is 2.42. The molecule has 0 fully saturated rings. The minimum atomic E-state index is -0.408. The highest BCUT2D eigenvalue weighted by Crippen LogP contribution is 2.15. The van der Waals surface area contributed by atoms with Crippen LogP contribution in [-0.2, 0) is 9.53 Å². The van der Waals surface area contributed by atoms with Gasteiger partial charge in [0.1, 0.15) is 5.82 Å². The highest BCUT2D eigenvalue weighted by atomic mass is 127. The van der Waals surface area contributed by atoms with E-state index in [1.165, 1.54) is 0 Å². The van der Waals surface area contributed by atoms with Gasteiger partial charge in [-0.05, 0) is 19.1 Å². The van der Waals surface area contributed by atoms with Crippen LogP contribution < -0.4 is 3.53 Å². The fourth-order valence-electron chi connectivity index (χ4n) is 0.964. The van der Waals surface area contributed by atoms with Gasteiger partial charge >= 0.3 is 5.97 Å². The van der Waals surface area contributed by atoms with Crippen molar-refractivity contribution in [1.29, 1.82) is 0 Å². The topological polar surface area (TPSA) is 51.2 Å². The molecule has 0 aliphatic rings. The average molecular weight is 318 g/mol. The van der Waals surface area contributed by atoms with Crippen LogP contribution in [0.2, 0.25) is 0 Å². The number of anilines is 1. The Morgan fingerprint density at radius 2 is 2.40 bits per heavy atom. The lowest BCUT2D eigenvalue weighted by Crippen LogP contribution is -2.06. The normalized spacial score (nSPS) is 9.47. The van der Waals surface area contributed by atoms with Crippen LogP contribution in [0.1, 0.15) is 12.5 Å². The monoisotopic (exact) mass is 318 g/mol. The lowest BCUT2D eigenvalue weighted by molar-refractivity contribution is -0.136. The first-order valence-corrected chi connectivity index (χ1v) is 5.46. The van der Waals surface area contributed by atoms with Crippen LogP contribution >= 0.6 is 22.9 Å². The molecular formula is C10H11IN2O2. The Morgan fingerprint density at radius 1 is 1.67 bits per heavy atom. The number of ether oxygens (including phenoxy) is 1. The van der Waals surface area contributed by atoms with Crippen molar-refractivity contribution in [2.24, 2.45) is 0 Å². The van der Waals surface area contributed by atoms with Gasteiger partial charge in [-0.15, -0.1) is 0 Å². The fourth-order valence-corrected chi connectivity index (χ4v) is 1.28. The van der Waals surface area contributed by atoms with Crippen LogP contribution in [0.5, 0.6) is 0 Å². The summed E-state index contributed by atoms with van der Waals surface area (Å²) in [6.07, 6.45) is 1.58. The molecule has 1 aromatic heterocycles. The third kappa shape index (κ3) is 3.19. The van der Waals surface area contributed by atoms with Crippen LogP contribution in [-0.4, -0.2) is 17.6 Å². The minimum absolute atomic E-state index is 0.323. The van der Waals surface area contributed by atoms with E-state index in [1.54, 1.807) is 25.3 Å². The number of halogens is 1. The van der Waals surface area contributed by atoms with Crippen molar-refractivity contribution in [3.8, 4) is 0 Å². The summed E-state index contributed by atoms with van der Waals surface area (Å²) in [6, 6.07) is 3.54. The van der Waals surface area contributed by atoms with E-state index in [0.717, 1.165) is 5.82 Å². The van der Waals surface area contributed by atoms with Gasteiger partial charge in [-0.2, -0.15) is 0 Å². The third-order valence-corrected chi connectivity index (χ3v) is 2.28. The summed E-state index contributed by atoms with van der Waals surface area (Å²) in [7, 11) is 0. The lowest BCUT2D eigenvalue weighted by Gasteiger charge is -2.05. The van der Waals surface area contributed by atoms with Crippen molar-refractivity contribution in [2.75, 3.05) is 10.1 Å². The van der Waals surface area contributed by atoms with Gasteiger partial charge in [0.15, 0.2) is 0 Å². The lowest BCUT2D eigenvalue weighted by atomic mass is 10.1. The summed E-state index contributed by atoms with van der Waals surface area (Å²) in [5.74, 6) is 0.325. The molecule has 80 valence electrons. The maximum absolute atomic E-state index is 11.3. The summed E-state index contributed by atoms with van der Waals surface area (Å²) in [4.78, 5) is 15.4. The number of rotatable bonds is 4. The zero-order chi connectivity index (χ0) is 11.3. The van der Waals surface area contributed by atoms with Gasteiger partial charge in [0.2, 0.25) is 0 Å². The molecule has 0 spiro atoms. The molecule has 0 saturated carbocycles. The Balaban J connectivity index is 2.78. The zero-order valence-corrected chi connectivity index (χ0v) is 10.4. The van der Waals surface area contributed by atoms with E-state index in [-0.39, 0.29) is 0 Å². The number of nitrogens with zero attached hydrogens (tertiary/aromatic N) is 1. The molecule has 0 saturated heterocycles. The summed E-state index contributed by atoms with van der Waals surface area (Å²) in [5.41, 5.74) is 0.994. The maximum atomic E-state index is 11.3. The van der Waals surface area contributed by atoms with Crippen LogP contribution in [0.25, 0.3) is 5.57 Å². The van der Waals surface area contributed by atoms with Crippen LogP contribution in [0.4, 0.5) is 5.82 Å². The van der Waals surface area contributed by atoms with E-state index in [4.69, 9.17) is 4.74 Å². The molecule has 0 unspecified atom stereocenters. The van der Waals surface area contributed by atoms with E-state index in [1.807, 2.05) is 22.9 Å². The number of hydrogen-bond donors (Lipinski definition) is 1. The van der Waals surface area contributed by atoms with Gasteiger partial charge in [0.25, 0.3) is 0 Å². The largest absolute Gasteiger partial charge is 0.462 e. The second-order valence-electron chi connectivity index (χ2n) is 2.73. The zero-order valence-electron chi connectivity index (χ0n) is 8.29. The second kappa shape index (κ2) is 5.69. The Morgan fingerprint density at radius 3 is 2.87 bits per heavy atom. The maximum Gasteiger partial charge on any atom is 0.338 e. The van der Waals surface area contributed by atoms with Crippen LogP contribution in [0.15, 0.2) is 24.9 Å². The van der Waals surface area contributed by atoms with E-state index < -0.39 is 5.97 Å². The van der Waals surface area contributed by atoms with Crippen molar-refractivity contribution >= 4 is 40.2 Å². The second-order valence-corrected chi connectivity index (χ2v) is 3.27. The molecule has 0 aromatic carbocycles. The first-order chi connectivity index (χ1) is 7.19. The van der Waals surface area contributed by atoms with Crippen LogP contribution in [0.3, 0.4) is 0 Å². The molecule has 15 heavy (non-hydrogen) atoms. The first kappa shape index (κ1) is 12.0. The molecule has 0 aliphatic heterocycles. The van der Waals surface area contributed by atoms with Crippen molar-refractivity contribution in [3.63, 3.8) is 0 Å². The van der Waals surface area contributed by atoms with Crippen LogP contribution in [0, 0.1) is 0 Å². The molecule has 0 radical (unpaired) electrons. The Kier molecular flexibility index (Phi) is 4.54. The highest BCUT2D eigenvalue weighted by molar-refractivity contribution is 14.1. The molecule has 1 heterocycles. The number of pyridine rings is 1. The number of hydrogen-bond acceptors (Lipinski definition) is 4. The van der Waals surface area contributed by atoms with Crippen molar-refractivity contribution in [1.82, 2.24) is 4.98 Å². The molecular weight excluding hydrogens is 307 g/mol. The number of esters is 1. The molecule has 0 aliphatic carbocycles. The SMILES string of the molecule is C=C(C(=O)OCC)c1ccc(NI)nc1. The van der Waals surface area contributed by atoms with Gasteiger partial charge < -0.3 is 8.27 Å². The van der Waals surface area contributed by atoms with E-state index in [9.17, 15) is 4.79 Å². The van der Waals surface area contributed by atoms with E-state index >= 15 is 0 Å². The molecule has 5 heteroatoms. The quantitative estimate of drug-likeness (QED) is 0.401. The van der Waals surface area contributed by atoms with Crippen molar-refractivity contribution in [3.05, 3.63) is 30.5 Å². The Labute approximate surface area is 102 Å². The number of aromatic nitrogens is 1. The van der Waals surface area contributed by atoms with E-state index in [0.29, 0.717) is 17.7 Å². The van der Waals surface area contributed by atoms with E-state index in [2.05, 4.69) is 15.1 Å². The molecule has 1 rings (SSSR count). The van der Waals surface area contributed by atoms with Gasteiger partial charge in [0.05, 0.1) is 35.0 Å². The highest BCUT2D eigenvalue weighted by Gasteiger charge is 2.10. The molecule has 0 atom stereocenters. The van der Waals surface area contributed by atoms with Gasteiger partial charge in [-0.3, -0.25) is 0 Å². The number of nitrogens with one attached hydrogen (secondary N) is 1. The summed E-state index contributed by atoms with van der Waals surface area (Å²) >= 11 is 1.98. The third-order valence-electron chi connectivity index (χ3n) is 1.73. The summed E-state index contributed by atoms with van der Waals surface area (Å²) in [6.45, 7) is 5.76. The molecule has 1 N–H and O–H groups in total. The molecule has 0 bridgehead atoms. The Hall–Kier alpha value is -1.11. The summed E-state index contributed by atoms with van der Waals surface area (Å²) in [5, 5.41) is 0. The van der Waals surface area contributed by atoms with Gasteiger partial charge in [-0.25, -0.2) is 9.78 Å². The van der Waals surface area contributed by atoms with Gasteiger partial charge in [-0.1, -0.05) is 6.58 Å². The van der Waals surface area contributed by atoms with Crippen molar-refractivity contribution < 1.29 is 9.53 Å². The minimum Gasteiger partial charge on any atom is -0.462 e. The number of carbonyl (C=O) groups is 1. The molecule has 1 aromatic rings. The van der Waals surface area contributed by atoms with Gasteiger partial charge in [0, 0.05) is 11.8 Å². The molecule has 4 nitrogen and oxygen atoms in total. The standard InChI is InChI=1S/C10H11IN2O2/c1-3-15-10(14)7(2)8-4-5-9(13-11)12-6-8/h4-6H,2-3H2,1H3,(H,12,13). The smallest absolute Gasteiger partial charge is 0.338 e. The fraction of sp³-hybridized carbons (Fsp3) is 0.200. The first-order valence-electron chi connectivity index (χ1n) is 4.38.